The van der Waals surface area contributed by atoms with Gasteiger partial charge < -0.3 is 5.32 Å². The van der Waals surface area contributed by atoms with Gasteiger partial charge in [0.05, 0.1) is 0 Å². The number of amides is 2. The first-order valence-electron chi connectivity index (χ1n) is 6.65. The minimum Gasteiger partial charge on any atom is -0.322 e. The predicted molar refractivity (Wildman–Crippen MR) is 89.0 cm³/mol. The maximum atomic E-state index is 12.1. The van der Waals surface area contributed by atoms with E-state index in [-0.39, 0.29) is 5.91 Å². The molecule has 0 bridgehead atoms. The molecule has 22 heavy (non-hydrogen) atoms. The number of anilines is 1. The van der Waals surface area contributed by atoms with Crippen molar-refractivity contribution in [2.75, 3.05) is 25.7 Å². The molecule has 0 spiro atoms. The topological polar surface area (TPSA) is 78.8 Å². The van der Waals surface area contributed by atoms with Crippen LogP contribution in [0.15, 0.2) is 40.3 Å². The van der Waals surface area contributed by atoms with E-state index in [9.17, 15) is 13.8 Å². The summed E-state index contributed by atoms with van der Waals surface area (Å²) in [6.45, 7) is 3.50. The van der Waals surface area contributed by atoms with E-state index in [1.54, 1.807) is 46.2 Å². The van der Waals surface area contributed by atoms with E-state index >= 15 is 0 Å². The summed E-state index contributed by atoms with van der Waals surface area (Å²) in [5.74, 6) is -0.751. The van der Waals surface area contributed by atoms with Crippen LogP contribution < -0.4 is 5.32 Å². The fourth-order valence-corrected chi connectivity index (χ4v) is 1.92. The average Bonchev–Trinajstić information content (AvgIpc) is 2.46. The van der Waals surface area contributed by atoms with E-state index in [2.05, 4.69) is 9.68 Å². The number of carbonyl (C=O) groups is 2. The van der Waals surface area contributed by atoms with Gasteiger partial charge >= 0.3 is 0 Å². The number of hydrogen-bond donors (Lipinski definition) is 1. The zero-order chi connectivity index (χ0) is 16.9. The molecule has 0 aliphatic carbocycles. The molecule has 0 aliphatic heterocycles. The van der Waals surface area contributed by atoms with Gasteiger partial charge in [-0.25, -0.2) is 8.51 Å². The Hall–Kier alpha value is -1.99. The van der Waals surface area contributed by atoms with Crippen LogP contribution in [0.5, 0.6) is 0 Å². The maximum absolute atomic E-state index is 12.1. The molecule has 7 heteroatoms. The molecule has 1 aromatic carbocycles. The third kappa shape index (κ3) is 4.78. The first kappa shape index (κ1) is 18.1. The Bertz CT molecular complexity index is 712. The molecule has 1 atom stereocenters. The summed E-state index contributed by atoms with van der Waals surface area (Å²) in [6.07, 6.45) is 3.12. The Labute approximate surface area is 131 Å². The molecule has 1 rings (SSSR count). The normalized spacial score (nSPS) is 14.4. The molecular formula is C15H21N3O3S. The zero-order valence-corrected chi connectivity index (χ0v) is 14.2. The third-order valence-electron chi connectivity index (χ3n) is 3.11. The third-order valence-corrected chi connectivity index (χ3v) is 4.97. The lowest BCUT2D eigenvalue weighted by Gasteiger charge is -2.11. The van der Waals surface area contributed by atoms with Crippen LogP contribution in [0.25, 0.3) is 0 Å². The highest BCUT2D eigenvalue weighted by Gasteiger charge is 2.11. The van der Waals surface area contributed by atoms with Crippen LogP contribution in [-0.2, 0) is 14.7 Å². The van der Waals surface area contributed by atoms with Crippen molar-refractivity contribution in [2.45, 2.75) is 13.8 Å². The highest BCUT2D eigenvalue weighted by Crippen LogP contribution is 2.12. The molecule has 0 saturated carbocycles. The fraction of sp³-hybridized carbons (Fsp3) is 0.333. The van der Waals surface area contributed by atoms with Gasteiger partial charge in [0.25, 0.3) is 11.8 Å². The van der Waals surface area contributed by atoms with Crippen LogP contribution in [0, 0.1) is 0 Å². The summed E-state index contributed by atoms with van der Waals surface area (Å²) < 4.78 is 17.2. The average molecular weight is 323 g/mol. The predicted octanol–water partition coefficient (Wildman–Crippen LogP) is 2.31. The van der Waals surface area contributed by atoms with Crippen molar-refractivity contribution in [3.8, 4) is 0 Å². The number of nitrogens with one attached hydrogen (secondary N) is 1. The second-order valence-corrected chi connectivity index (χ2v) is 7.41. The van der Waals surface area contributed by atoms with Crippen molar-refractivity contribution in [1.82, 2.24) is 4.31 Å². The van der Waals surface area contributed by atoms with Gasteiger partial charge in [-0.2, -0.15) is 0 Å². The van der Waals surface area contributed by atoms with Gasteiger partial charge in [0.1, 0.15) is 9.92 Å². The summed E-state index contributed by atoms with van der Waals surface area (Å²) in [4.78, 5) is 23.7. The Morgan fingerprint density at radius 2 is 1.77 bits per heavy atom. The minimum atomic E-state index is -2.71. The standard InChI is InChI=1S/C15H21N3O3S/c1-6-11(2)14(19)16-13-9-7-12(8-10-13)15(20)17-22(5,21)18(3)4/h6-10H,1-5H3,(H,16,19)/b11-6+. The van der Waals surface area contributed by atoms with E-state index in [1.807, 2.05) is 0 Å². The maximum Gasteiger partial charge on any atom is 0.286 e. The number of benzene rings is 1. The monoisotopic (exact) mass is 323 g/mol. The number of hydrogen-bond acceptors (Lipinski definition) is 3. The number of carbonyl (C=O) groups excluding carboxylic acids is 2. The van der Waals surface area contributed by atoms with Crippen LogP contribution in [0.3, 0.4) is 0 Å². The van der Waals surface area contributed by atoms with E-state index in [0.29, 0.717) is 16.8 Å². The summed E-state index contributed by atoms with van der Waals surface area (Å²) >= 11 is 0. The van der Waals surface area contributed by atoms with Gasteiger partial charge in [0.2, 0.25) is 0 Å². The fourth-order valence-electron chi connectivity index (χ4n) is 1.35. The van der Waals surface area contributed by atoms with Crippen LogP contribution in [0.2, 0.25) is 0 Å². The van der Waals surface area contributed by atoms with Crippen LogP contribution in [0.1, 0.15) is 24.2 Å². The number of allylic oxidation sites excluding steroid dienone is 1. The first-order chi connectivity index (χ1) is 10.2. The van der Waals surface area contributed by atoms with Crippen LogP contribution in [-0.4, -0.2) is 40.7 Å². The Morgan fingerprint density at radius 3 is 2.23 bits per heavy atom. The second-order valence-electron chi connectivity index (χ2n) is 4.97. The lowest BCUT2D eigenvalue weighted by molar-refractivity contribution is -0.112. The Morgan fingerprint density at radius 1 is 1.23 bits per heavy atom. The second kappa shape index (κ2) is 7.33. The number of rotatable bonds is 4. The molecule has 0 radical (unpaired) electrons. The molecule has 6 nitrogen and oxygen atoms in total. The zero-order valence-electron chi connectivity index (χ0n) is 13.4. The van der Waals surface area contributed by atoms with E-state index in [1.165, 1.54) is 22.7 Å². The Balaban J connectivity index is 2.92. The minimum absolute atomic E-state index is 0.199. The molecule has 1 aromatic rings. The molecule has 1 unspecified atom stereocenters. The van der Waals surface area contributed by atoms with Crippen LogP contribution in [0.4, 0.5) is 5.69 Å². The summed E-state index contributed by atoms with van der Waals surface area (Å²) in [5.41, 5.74) is 1.50. The van der Waals surface area contributed by atoms with Gasteiger partial charge in [-0.05, 0) is 38.1 Å². The molecule has 0 saturated heterocycles. The molecule has 2 amide bonds. The van der Waals surface area contributed by atoms with Crippen molar-refractivity contribution < 1.29 is 13.8 Å². The first-order valence-corrected chi connectivity index (χ1v) is 8.53. The van der Waals surface area contributed by atoms with Crippen molar-refractivity contribution >= 4 is 27.4 Å². The van der Waals surface area contributed by atoms with E-state index in [0.717, 1.165) is 0 Å². The van der Waals surface area contributed by atoms with Gasteiger partial charge in [0.15, 0.2) is 0 Å². The van der Waals surface area contributed by atoms with Gasteiger partial charge in [-0.3, -0.25) is 9.59 Å². The quantitative estimate of drug-likeness (QED) is 0.864. The summed E-state index contributed by atoms with van der Waals surface area (Å²) in [7, 11) is 0.489. The van der Waals surface area contributed by atoms with Crippen molar-refractivity contribution in [3.63, 3.8) is 0 Å². The molecule has 0 aliphatic rings. The largest absolute Gasteiger partial charge is 0.322 e. The highest BCUT2D eigenvalue weighted by molar-refractivity contribution is 7.90. The van der Waals surface area contributed by atoms with Crippen LogP contribution >= 0.6 is 0 Å². The molecule has 0 fully saturated rings. The van der Waals surface area contributed by atoms with Crippen molar-refractivity contribution in [1.29, 1.82) is 0 Å². The van der Waals surface area contributed by atoms with Gasteiger partial charge in [-0.1, -0.05) is 6.08 Å². The lowest BCUT2D eigenvalue weighted by Crippen LogP contribution is -2.21. The molecule has 0 aromatic heterocycles. The van der Waals surface area contributed by atoms with Crippen molar-refractivity contribution in [3.05, 3.63) is 41.5 Å². The SMILES string of the molecule is C/C=C(\C)C(=O)Nc1ccc(C(=O)N=S(C)(=O)N(C)C)cc1. The summed E-state index contributed by atoms with van der Waals surface area (Å²) in [5, 5.41) is 2.71. The smallest absolute Gasteiger partial charge is 0.286 e. The lowest BCUT2D eigenvalue weighted by atomic mass is 10.2. The highest BCUT2D eigenvalue weighted by atomic mass is 32.2. The van der Waals surface area contributed by atoms with Crippen molar-refractivity contribution in [2.24, 2.45) is 4.36 Å². The van der Waals surface area contributed by atoms with Gasteiger partial charge in [-0.15, -0.1) is 4.36 Å². The molecule has 120 valence electrons. The molecule has 0 heterocycles. The Kier molecular flexibility index (Phi) is 6.01. The number of nitrogens with zero attached hydrogens (tertiary/aromatic N) is 2. The van der Waals surface area contributed by atoms with Gasteiger partial charge in [0, 0.05) is 37.2 Å². The molecule has 1 N–H and O–H groups in total. The molecular weight excluding hydrogens is 302 g/mol. The summed E-state index contributed by atoms with van der Waals surface area (Å²) in [6, 6.07) is 6.29. The van der Waals surface area contributed by atoms with E-state index < -0.39 is 15.8 Å². The van der Waals surface area contributed by atoms with E-state index in [4.69, 9.17) is 0 Å².